The van der Waals surface area contributed by atoms with Gasteiger partial charge >= 0.3 is 0 Å². The molecule has 1 unspecified atom stereocenters. The molecule has 1 atom stereocenters. The summed E-state index contributed by atoms with van der Waals surface area (Å²) in [4.78, 5) is 0. The molecular formula is C9H15NO2S. The third kappa shape index (κ3) is 3.87. The molecule has 74 valence electrons. The lowest BCUT2D eigenvalue weighted by Crippen LogP contribution is -2.40. The second kappa shape index (κ2) is 4.72. The van der Waals surface area contributed by atoms with Crippen LogP contribution in [0.3, 0.4) is 0 Å². The highest BCUT2D eigenvalue weighted by Crippen LogP contribution is 2.06. The maximum Gasteiger partial charge on any atom is 0.0972 e. The predicted octanol–water partition coefficient (Wildman–Crippen LogP) is 0.581. The van der Waals surface area contributed by atoms with Gasteiger partial charge in [-0.2, -0.15) is 11.3 Å². The topological polar surface area (TPSA) is 52.5 Å². The van der Waals surface area contributed by atoms with Crippen LogP contribution >= 0.6 is 11.3 Å². The third-order valence-corrected chi connectivity index (χ3v) is 2.49. The minimum atomic E-state index is -1.02. The van der Waals surface area contributed by atoms with E-state index in [1.807, 2.05) is 11.4 Å². The van der Waals surface area contributed by atoms with Crippen molar-refractivity contribution in [2.45, 2.75) is 19.1 Å². The van der Waals surface area contributed by atoms with Crippen LogP contribution in [0.1, 0.15) is 12.5 Å². The van der Waals surface area contributed by atoms with Gasteiger partial charge in [-0.05, 0) is 29.3 Å². The number of hydrogen-bond acceptors (Lipinski definition) is 4. The highest BCUT2D eigenvalue weighted by Gasteiger charge is 2.17. The quantitative estimate of drug-likeness (QED) is 0.653. The summed E-state index contributed by atoms with van der Waals surface area (Å²) in [5.74, 6) is 0. The fourth-order valence-corrected chi connectivity index (χ4v) is 1.59. The fourth-order valence-electron chi connectivity index (χ4n) is 0.925. The van der Waals surface area contributed by atoms with E-state index in [9.17, 15) is 5.11 Å². The maximum atomic E-state index is 9.44. The molecule has 0 aliphatic heterocycles. The average molecular weight is 201 g/mol. The van der Waals surface area contributed by atoms with Crippen LogP contribution in [0.2, 0.25) is 0 Å². The zero-order chi connectivity index (χ0) is 9.73. The van der Waals surface area contributed by atoms with Crippen molar-refractivity contribution < 1.29 is 10.2 Å². The molecule has 0 aromatic carbocycles. The Morgan fingerprint density at radius 3 is 2.92 bits per heavy atom. The summed E-state index contributed by atoms with van der Waals surface area (Å²) in [6.45, 7) is 2.52. The van der Waals surface area contributed by atoms with E-state index in [1.54, 1.807) is 18.3 Å². The Balaban J connectivity index is 2.21. The molecule has 4 heteroatoms. The van der Waals surface area contributed by atoms with Crippen LogP contribution in [0.5, 0.6) is 0 Å². The van der Waals surface area contributed by atoms with E-state index < -0.39 is 5.60 Å². The van der Waals surface area contributed by atoms with E-state index in [0.29, 0.717) is 6.54 Å². The van der Waals surface area contributed by atoms with E-state index in [4.69, 9.17) is 5.11 Å². The molecule has 0 spiro atoms. The molecule has 1 heterocycles. The van der Waals surface area contributed by atoms with Gasteiger partial charge < -0.3 is 15.5 Å². The molecule has 0 fully saturated rings. The first kappa shape index (κ1) is 10.7. The van der Waals surface area contributed by atoms with Crippen molar-refractivity contribution in [1.82, 2.24) is 5.32 Å². The molecule has 0 bridgehead atoms. The summed E-state index contributed by atoms with van der Waals surface area (Å²) in [5, 5.41) is 25.4. The molecule has 1 aromatic rings. The van der Waals surface area contributed by atoms with Crippen LogP contribution in [0, 0.1) is 0 Å². The second-order valence-electron chi connectivity index (χ2n) is 3.39. The molecule has 0 radical (unpaired) electrons. The van der Waals surface area contributed by atoms with E-state index in [1.165, 1.54) is 5.56 Å². The number of rotatable bonds is 5. The van der Waals surface area contributed by atoms with Gasteiger partial charge in [0.2, 0.25) is 0 Å². The van der Waals surface area contributed by atoms with Gasteiger partial charge in [-0.1, -0.05) is 0 Å². The van der Waals surface area contributed by atoms with Crippen LogP contribution in [-0.4, -0.2) is 29.0 Å². The first-order valence-electron chi connectivity index (χ1n) is 4.19. The Labute approximate surface area is 82.0 Å². The van der Waals surface area contributed by atoms with E-state index in [2.05, 4.69) is 10.7 Å². The van der Waals surface area contributed by atoms with Gasteiger partial charge in [-0.15, -0.1) is 0 Å². The van der Waals surface area contributed by atoms with Crippen molar-refractivity contribution in [3.05, 3.63) is 22.4 Å². The summed E-state index contributed by atoms with van der Waals surface area (Å²) in [5.41, 5.74) is 0.189. The Morgan fingerprint density at radius 2 is 2.38 bits per heavy atom. The van der Waals surface area contributed by atoms with Crippen LogP contribution < -0.4 is 5.32 Å². The zero-order valence-corrected chi connectivity index (χ0v) is 8.47. The molecule has 0 aliphatic carbocycles. The molecule has 3 nitrogen and oxygen atoms in total. The van der Waals surface area contributed by atoms with Gasteiger partial charge in [0.1, 0.15) is 0 Å². The lowest BCUT2D eigenvalue weighted by molar-refractivity contribution is 0.00254. The minimum absolute atomic E-state index is 0.219. The summed E-state index contributed by atoms with van der Waals surface area (Å²) in [6.07, 6.45) is 0. The zero-order valence-electron chi connectivity index (χ0n) is 7.66. The van der Waals surface area contributed by atoms with Gasteiger partial charge in [0.15, 0.2) is 0 Å². The summed E-state index contributed by atoms with van der Waals surface area (Å²) in [6, 6.07) is 2.03. The van der Waals surface area contributed by atoms with Crippen LogP contribution in [0.25, 0.3) is 0 Å². The highest BCUT2D eigenvalue weighted by atomic mass is 32.1. The predicted molar refractivity (Wildman–Crippen MR) is 53.7 cm³/mol. The number of aliphatic hydroxyl groups is 2. The van der Waals surface area contributed by atoms with E-state index in [0.717, 1.165) is 6.54 Å². The third-order valence-electron chi connectivity index (χ3n) is 1.76. The van der Waals surface area contributed by atoms with E-state index >= 15 is 0 Å². The summed E-state index contributed by atoms with van der Waals surface area (Å²) in [7, 11) is 0. The molecule has 1 aromatic heterocycles. The summed E-state index contributed by atoms with van der Waals surface area (Å²) < 4.78 is 0. The van der Waals surface area contributed by atoms with Crippen LogP contribution in [-0.2, 0) is 6.54 Å². The standard InChI is InChI=1S/C9H15NO2S/c1-9(12,7-11)6-10-4-8-2-3-13-5-8/h2-3,5,10-12H,4,6-7H2,1H3. The average Bonchev–Trinajstić information content (AvgIpc) is 2.57. The Morgan fingerprint density at radius 1 is 1.62 bits per heavy atom. The second-order valence-corrected chi connectivity index (χ2v) is 4.17. The smallest absolute Gasteiger partial charge is 0.0972 e. The molecule has 0 aliphatic rings. The Bertz CT molecular complexity index is 234. The molecular weight excluding hydrogens is 186 g/mol. The molecule has 13 heavy (non-hydrogen) atoms. The first-order valence-corrected chi connectivity index (χ1v) is 5.13. The highest BCUT2D eigenvalue weighted by molar-refractivity contribution is 7.07. The maximum absolute atomic E-state index is 9.44. The van der Waals surface area contributed by atoms with Gasteiger partial charge in [-0.3, -0.25) is 0 Å². The summed E-state index contributed by atoms with van der Waals surface area (Å²) >= 11 is 1.65. The van der Waals surface area contributed by atoms with Crippen molar-refractivity contribution in [3.8, 4) is 0 Å². The van der Waals surface area contributed by atoms with Gasteiger partial charge in [-0.25, -0.2) is 0 Å². The number of thiophene rings is 1. The molecule has 0 saturated carbocycles. The number of nitrogens with one attached hydrogen (secondary N) is 1. The number of aliphatic hydroxyl groups excluding tert-OH is 1. The van der Waals surface area contributed by atoms with Crippen molar-refractivity contribution in [2.75, 3.05) is 13.2 Å². The minimum Gasteiger partial charge on any atom is -0.393 e. The molecule has 0 amide bonds. The molecule has 0 saturated heterocycles. The van der Waals surface area contributed by atoms with Crippen LogP contribution in [0.15, 0.2) is 16.8 Å². The lowest BCUT2D eigenvalue weighted by Gasteiger charge is -2.20. The SMILES string of the molecule is CC(O)(CO)CNCc1ccsc1. The van der Waals surface area contributed by atoms with Gasteiger partial charge in [0.25, 0.3) is 0 Å². The van der Waals surface area contributed by atoms with E-state index in [-0.39, 0.29) is 6.61 Å². The fraction of sp³-hybridized carbons (Fsp3) is 0.556. The van der Waals surface area contributed by atoms with Crippen LogP contribution in [0.4, 0.5) is 0 Å². The normalized spacial score (nSPS) is 15.6. The Kier molecular flexibility index (Phi) is 3.87. The number of hydrogen-bond donors (Lipinski definition) is 3. The monoisotopic (exact) mass is 201 g/mol. The lowest BCUT2D eigenvalue weighted by atomic mass is 10.1. The van der Waals surface area contributed by atoms with Gasteiger partial charge in [0, 0.05) is 13.1 Å². The first-order chi connectivity index (χ1) is 6.14. The molecule has 1 rings (SSSR count). The van der Waals surface area contributed by atoms with Crippen molar-refractivity contribution in [1.29, 1.82) is 0 Å². The molecule has 3 N–H and O–H groups in total. The van der Waals surface area contributed by atoms with Crippen molar-refractivity contribution in [2.24, 2.45) is 0 Å². The Hall–Kier alpha value is -0.420. The van der Waals surface area contributed by atoms with Crippen molar-refractivity contribution in [3.63, 3.8) is 0 Å². The van der Waals surface area contributed by atoms with Gasteiger partial charge in [0.05, 0.1) is 12.2 Å². The van der Waals surface area contributed by atoms with Crippen molar-refractivity contribution >= 4 is 11.3 Å². The largest absolute Gasteiger partial charge is 0.393 e.